The molecule has 7 aromatic carbocycles. The maximum absolute atomic E-state index is 6.17. The van der Waals surface area contributed by atoms with Gasteiger partial charge in [0.2, 0.25) is 15.0 Å². The second kappa shape index (κ2) is 30.0. The highest BCUT2D eigenvalue weighted by Gasteiger charge is 2.56. The molecule has 0 aromatic heterocycles. The summed E-state index contributed by atoms with van der Waals surface area (Å²) in [5, 5.41) is 24.8. The first-order valence-corrected chi connectivity index (χ1v) is 30.1. The Labute approximate surface area is 440 Å². The third-order valence-corrected chi connectivity index (χ3v) is 23.0. The van der Waals surface area contributed by atoms with Gasteiger partial charge in [-0.2, -0.15) is 4.44 Å². The molecule has 378 valence electrons. The van der Waals surface area contributed by atoms with Crippen molar-refractivity contribution >= 4 is 22.9 Å². The minimum absolute atomic E-state index is 0. The fourth-order valence-electron chi connectivity index (χ4n) is 8.18. The summed E-state index contributed by atoms with van der Waals surface area (Å²) in [6.45, 7) is 8.13. The van der Waals surface area contributed by atoms with Crippen molar-refractivity contribution < 1.29 is 26.5 Å². The van der Waals surface area contributed by atoms with Gasteiger partial charge in [0.1, 0.15) is 0 Å². The van der Waals surface area contributed by atoms with Crippen LogP contribution < -0.4 is 47.5 Å². The lowest BCUT2D eigenvalue weighted by molar-refractivity contribution is -0.0000162. The lowest BCUT2D eigenvalue weighted by atomic mass is 10.2. The van der Waals surface area contributed by atoms with Crippen LogP contribution in [0.4, 0.5) is 0 Å². The lowest BCUT2D eigenvalue weighted by Crippen LogP contribution is -3.00. The van der Waals surface area contributed by atoms with Gasteiger partial charge in [-0.3, -0.25) is 20.3 Å². The number of rotatable bonds is 20. The summed E-state index contributed by atoms with van der Waals surface area (Å²) in [7, 11) is -9.06. The molecule has 0 aliphatic carbocycles. The first-order valence-electron chi connectivity index (χ1n) is 25.0. The monoisotopic (exact) mass is 1090 g/mol. The van der Waals surface area contributed by atoms with E-state index >= 15 is 0 Å². The molecule has 0 unspecified atom stereocenters. The van der Waals surface area contributed by atoms with E-state index in [1.165, 1.54) is 53.5 Å². The van der Waals surface area contributed by atoms with Gasteiger partial charge in [0.25, 0.3) is 0 Å². The number of nitrogens with one attached hydrogen (secondary N) is 6. The van der Waals surface area contributed by atoms with Crippen molar-refractivity contribution in [3.05, 3.63) is 251 Å². The van der Waals surface area contributed by atoms with E-state index in [4.69, 9.17) is 18.5 Å². The topological polar surface area (TPSA) is 119 Å². The number of halogens is 1. The Balaban J connectivity index is 0.000000617. The zero-order valence-corrected chi connectivity index (χ0v) is 45.5. The second-order valence-electron chi connectivity index (χ2n) is 17.6. The van der Waals surface area contributed by atoms with Gasteiger partial charge in [0.15, 0.2) is 0 Å². The van der Waals surface area contributed by atoms with Crippen molar-refractivity contribution in [3.8, 4) is 0 Å². The van der Waals surface area contributed by atoms with Gasteiger partial charge >= 0.3 is 7.87 Å². The Morgan fingerprint density at radius 2 is 0.583 bits per heavy atom. The third kappa shape index (κ3) is 17.3. The van der Waals surface area contributed by atoms with Crippen molar-refractivity contribution in [2.45, 2.75) is 71.5 Å². The number of benzene rings is 7. The Bertz CT molecular complexity index is 2400. The molecule has 0 bridgehead atoms. The predicted octanol–water partition coefficient (Wildman–Crippen LogP) is 10.4. The van der Waals surface area contributed by atoms with Gasteiger partial charge in [-0.25, -0.2) is 0 Å². The highest BCUT2D eigenvalue weighted by Crippen LogP contribution is 2.78. The Morgan fingerprint density at radius 1 is 0.347 bits per heavy atom. The molecule has 0 spiro atoms. The first kappa shape index (κ1) is 55.3. The van der Waals surface area contributed by atoms with E-state index in [2.05, 4.69) is 247 Å². The third-order valence-electron chi connectivity index (χ3n) is 12.1. The summed E-state index contributed by atoms with van der Waals surface area (Å²) in [6.07, 6.45) is 5.11. The molecule has 15 heteroatoms. The van der Waals surface area contributed by atoms with Crippen LogP contribution >= 0.6 is 22.9 Å². The second-order valence-corrected chi connectivity index (χ2v) is 25.8. The van der Waals surface area contributed by atoms with Crippen LogP contribution in [0.1, 0.15) is 64.6 Å². The van der Waals surface area contributed by atoms with E-state index in [0.29, 0.717) is 45.8 Å². The van der Waals surface area contributed by atoms with Gasteiger partial charge in [-0.1, -0.05) is 212 Å². The zero-order valence-electron chi connectivity index (χ0n) is 41.2. The highest BCUT2D eigenvalue weighted by molar-refractivity contribution is 7.88. The van der Waals surface area contributed by atoms with Gasteiger partial charge in [-0.15, -0.1) is 10.2 Å². The zero-order chi connectivity index (χ0) is 48.5. The van der Waals surface area contributed by atoms with Crippen molar-refractivity contribution in [2.75, 3.05) is 26.4 Å². The molecule has 2 fully saturated rings. The molecule has 2 saturated heterocycles. The van der Waals surface area contributed by atoms with Crippen LogP contribution in [0.3, 0.4) is 0 Å². The average Bonchev–Trinajstić information content (AvgIpc) is 4.25. The summed E-state index contributed by atoms with van der Waals surface area (Å²) in [5.41, 5.74) is 8.22. The SMILES string of the molecule is C1CCOC1.C1CCOC1.[Br-].c1ccc(CNP2(NCc3ccccc3)=N[P+](NCc3ccccc3)(NCc3ccccc3)N=P(NCc3ccccc3)(NCc3ccccc3)N2Cc2ccccc2)cc1. The fourth-order valence-corrected chi connectivity index (χ4v) is 21.4. The van der Waals surface area contributed by atoms with Gasteiger partial charge in [0.05, 0.1) is 13.1 Å². The van der Waals surface area contributed by atoms with Crippen molar-refractivity contribution in [2.24, 2.45) is 9.03 Å². The highest BCUT2D eigenvalue weighted by atomic mass is 79.9. The van der Waals surface area contributed by atoms with E-state index in [0.717, 1.165) is 37.6 Å². The van der Waals surface area contributed by atoms with Crippen molar-refractivity contribution in [1.29, 1.82) is 0 Å². The molecule has 10 rings (SSSR count). The minimum Gasteiger partial charge on any atom is -1.00 e. The summed E-state index contributed by atoms with van der Waals surface area (Å²) in [4.78, 5) is 0. The Hall–Kier alpha value is -4.45. The molecule has 7 aromatic rings. The Morgan fingerprint density at radius 3 is 0.819 bits per heavy atom. The van der Waals surface area contributed by atoms with Crippen LogP contribution in [0.25, 0.3) is 0 Å². The molecule has 0 atom stereocenters. The molecule has 72 heavy (non-hydrogen) atoms. The van der Waals surface area contributed by atoms with Crippen LogP contribution in [0, 0.1) is 0 Å². The Kier molecular flexibility index (Phi) is 23.1. The van der Waals surface area contributed by atoms with E-state index in [9.17, 15) is 0 Å². The van der Waals surface area contributed by atoms with E-state index < -0.39 is 22.9 Å². The van der Waals surface area contributed by atoms with Crippen LogP contribution in [0.5, 0.6) is 0 Å². The predicted molar refractivity (Wildman–Crippen MR) is 297 cm³/mol. The number of ether oxygens (including phenoxy) is 2. The maximum atomic E-state index is 6.17. The van der Waals surface area contributed by atoms with E-state index in [1.54, 1.807) is 0 Å². The molecule has 3 heterocycles. The molecular weight excluding hydrogens is 1020 g/mol. The number of hydrogen-bond donors (Lipinski definition) is 6. The van der Waals surface area contributed by atoms with Gasteiger partial charge in [0, 0.05) is 59.2 Å². The van der Waals surface area contributed by atoms with Crippen LogP contribution in [-0.4, -0.2) is 30.9 Å². The quantitative estimate of drug-likeness (QED) is 0.0415. The van der Waals surface area contributed by atoms with Crippen molar-refractivity contribution in [1.82, 2.24) is 35.0 Å². The van der Waals surface area contributed by atoms with Gasteiger partial charge < -0.3 is 26.5 Å². The average molecular weight is 1090 g/mol. The minimum atomic E-state index is -3.03. The molecule has 11 nitrogen and oxygen atoms in total. The maximum Gasteiger partial charge on any atom is 0.400 e. The number of hydrogen-bond acceptors (Lipinski definition) is 11. The fraction of sp³-hybridized carbons (Fsp3) is 0.263. The van der Waals surface area contributed by atoms with E-state index in [1.807, 2.05) is 0 Å². The molecule has 0 radical (unpaired) electrons. The normalized spacial score (nSPS) is 16.3. The molecule has 3 aliphatic rings. The van der Waals surface area contributed by atoms with E-state index in [-0.39, 0.29) is 17.0 Å². The largest absolute Gasteiger partial charge is 1.00 e. The van der Waals surface area contributed by atoms with Crippen LogP contribution in [-0.2, 0) is 55.3 Å². The summed E-state index contributed by atoms with van der Waals surface area (Å²) < 4.78 is 24.8. The smallest absolute Gasteiger partial charge is 0.400 e. The number of nitrogens with zero attached hydrogens (tertiary/aromatic N) is 3. The van der Waals surface area contributed by atoms with Gasteiger partial charge in [-0.05, 0) is 73.7 Å². The molecule has 3 aliphatic heterocycles. The molecule has 6 N–H and O–H groups in total. The summed E-state index contributed by atoms with van der Waals surface area (Å²) in [5.74, 6) is 0. The molecule has 0 saturated carbocycles. The van der Waals surface area contributed by atoms with Crippen molar-refractivity contribution in [3.63, 3.8) is 0 Å². The summed E-state index contributed by atoms with van der Waals surface area (Å²) in [6, 6.07) is 74.5. The molecule has 0 amide bonds. The standard InChI is InChI=1S/C49H55N9P3.2C4H8O.BrH/c1-8-22-43(23-9-1)36-50-59(51-37-44-24-10-2-11-25-44)56-60(52-38-45-26-12-3-13-27-45,53-39-46-28-14-4-15-29-46)58(42-49-34-20-7-21-35-49)61(57-59,54-40-47-30-16-5-17-31-47)55-41-48-32-18-6-19-33-48;2*1-2-4-5-3-1;/h1-35,50-55H,36-42H2;2*1-4H2;1H/q+1;;;/p-1. The van der Waals surface area contributed by atoms with Crippen LogP contribution in [0.2, 0.25) is 0 Å². The lowest BCUT2D eigenvalue weighted by Gasteiger charge is -2.47. The van der Waals surface area contributed by atoms with Crippen LogP contribution in [0.15, 0.2) is 221 Å². The molecular formula is C57H71BrN9O2P3. The first-order chi connectivity index (χ1) is 35.1. The summed E-state index contributed by atoms with van der Waals surface area (Å²) >= 11 is 0.